The van der Waals surface area contributed by atoms with Gasteiger partial charge in [0.1, 0.15) is 0 Å². The van der Waals surface area contributed by atoms with E-state index in [9.17, 15) is 0 Å². The topological polar surface area (TPSA) is 42.7 Å². The van der Waals surface area contributed by atoms with Crippen molar-refractivity contribution in [1.82, 2.24) is 20.3 Å². The van der Waals surface area contributed by atoms with Crippen LogP contribution in [0.3, 0.4) is 0 Å². The molecule has 4 heteroatoms. The zero-order chi connectivity index (χ0) is 12.5. The van der Waals surface area contributed by atoms with E-state index in [0.717, 1.165) is 18.5 Å². The first-order valence-electron chi connectivity index (χ1n) is 6.38. The van der Waals surface area contributed by atoms with E-state index in [1.165, 1.54) is 11.1 Å². The predicted molar refractivity (Wildman–Crippen MR) is 70.1 cm³/mol. The summed E-state index contributed by atoms with van der Waals surface area (Å²) < 4.78 is 1.87. The Morgan fingerprint density at radius 2 is 1.94 bits per heavy atom. The fourth-order valence-electron chi connectivity index (χ4n) is 3.03. The van der Waals surface area contributed by atoms with E-state index in [-0.39, 0.29) is 0 Å². The van der Waals surface area contributed by atoms with Crippen LogP contribution in [-0.2, 0) is 19.9 Å². The smallest absolute Gasteiger partial charge is 0.0756 e. The van der Waals surface area contributed by atoms with Gasteiger partial charge in [0.05, 0.1) is 17.9 Å². The number of nitrogens with one attached hydrogen (secondary N) is 1. The molecule has 18 heavy (non-hydrogen) atoms. The second-order valence-corrected chi connectivity index (χ2v) is 4.99. The standard InChI is InChI=1S/C14H18N4/c1-15-14(13-9-16-17-18(13)2)12-7-10-5-3-4-6-11(10)8-12/h3-6,9,12,14-15H,7-8H2,1-2H3. The Morgan fingerprint density at radius 3 is 2.44 bits per heavy atom. The number of rotatable bonds is 3. The molecular weight excluding hydrogens is 224 g/mol. The minimum atomic E-state index is 0.317. The SMILES string of the molecule is CNC(c1cnnn1C)C1Cc2ccccc2C1. The third-order valence-electron chi connectivity index (χ3n) is 3.93. The second-order valence-electron chi connectivity index (χ2n) is 4.99. The molecule has 94 valence electrons. The number of aromatic nitrogens is 3. The first kappa shape index (κ1) is 11.4. The van der Waals surface area contributed by atoms with E-state index in [0.29, 0.717) is 12.0 Å². The summed E-state index contributed by atoms with van der Waals surface area (Å²) in [5.74, 6) is 0.588. The Balaban J connectivity index is 1.86. The quantitative estimate of drug-likeness (QED) is 0.886. The minimum absolute atomic E-state index is 0.317. The highest BCUT2D eigenvalue weighted by Crippen LogP contribution is 2.34. The molecule has 1 aromatic heterocycles. The lowest BCUT2D eigenvalue weighted by Crippen LogP contribution is -2.27. The number of fused-ring (bicyclic) bond motifs is 1. The lowest BCUT2D eigenvalue weighted by atomic mass is 9.94. The van der Waals surface area contributed by atoms with Crippen molar-refractivity contribution in [2.24, 2.45) is 13.0 Å². The fraction of sp³-hybridized carbons (Fsp3) is 0.429. The summed E-state index contributed by atoms with van der Waals surface area (Å²) in [5.41, 5.74) is 4.13. The lowest BCUT2D eigenvalue weighted by Gasteiger charge is -2.22. The Kier molecular flexibility index (Phi) is 2.88. The van der Waals surface area contributed by atoms with Gasteiger partial charge in [-0.25, -0.2) is 0 Å². The number of benzene rings is 1. The van der Waals surface area contributed by atoms with E-state index in [1.807, 2.05) is 25.0 Å². The van der Waals surface area contributed by atoms with Gasteiger partial charge >= 0.3 is 0 Å². The summed E-state index contributed by atoms with van der Waals surface area (Å²) in [4.78, 5) is 0. The number of hydrogen-bond donors (Lipinski definition) is 1. The Hall–Kier alpha value is -1.68. The lowest BCUT2D eigenvalue weighted by molar-refractivity contribution is 0.377. The van der Waals surface area contributed by atoms with Gasteiger partial charge in [0.15, 0.2) is 0 Å². The van der Waals surface area contributed by atoms with Gasteiger partial charge in [-0.05, 0) is 36.9 Å². The van der Waals surface area contributed by atoms with E-state index in [4.69, 9.17) is 0 Å². The third kappa shape index (κ3) is 1.82. The van der Waals surface area contributed by atoms with Crippen molar-refractivity contribution in [3.63, 3.8) is 0 Å². The minimum Gasteiger partial charge on any atom is -0.311 e. The van der Waals surface area contributed by atoms with Crippen LogP contribution in [0.15, 0.2) is 30.5 Å². The van der Waals surface area contributed by atoms with Crippen molar-refractivity contribution in [1.29, 1.82) is 0 Å². The van der Waals surface area contributed by atoms with Crippen LogP contribution in [0.4, 0.5) is 0 Å². The Bertz CT molecular complexity index is 521. The van der Waals surface area contributed by atoms with Crippen LogP contribution < -0.4 is 5.32 Å². The molecule has 0 fully saturated rings. The van der Waals surface area contributed by atoms with E-state index >= 15 is 0 Å². The first-order chi connectivity index (χ1) is 8.79. The maximum absolute atomic E-state index is 4.03. The molecule has 1 aliphatic rings. The van der Waals surface area contributed by atoms with Gasteiger partial charge in [-0.1, -0.05) is 29.5 Å². The van der Waals surface area contributed by atoms with Gasteiger partial charge < -0.3 is 5.32 Å². The summed E-state index contributed by atoms with van der Waals surface area (Å²) in [7, 11) is 3.97. The van der Waals surface area contributed by atoms with Crippen LogP contribution in [-0.4, -0.2) is 22.0 Å². The molecule has 1 unspecified atom stereocenters. The van der Waals surface area contributed by atoms with Crippen LogP contribution >= 0.6 is 0 Å². The van der Waals surface area contributed by atoms with Gasteiger partial charge in [0.2, 0.25) is 0 Å². The molecule has 1 aromatic carbocycles. The van der Waals surface area contributed by atoms with E-state index < -0.39 is 0 Å². The van der Waals surface area contributed by atoms with Crippen LogP contribution in [0, 0.1) is 5.92 Å². The maximum atomic E-state index is 4.03. The molecule has 1 atom stereocenters. The number of nitrogens with zero attached hydrogens (tertiary/aromatic N) is 3. The molecule has 0 saturated carbocycles. The molecule has 1 aliphatic carbocycles. The van der Waals surface area contributed by atoms with Crippen LogP contribution in [0.1, 0.15) is 22.9 Å². The molecular formula is C14H18N4. The normalized spacial score (nSPS) is 16.8. The number of hydrogen-bond acceptors (Lipinski definition) is 3. The van der Waals surface area contributed by atoms with Gasteiger partial charge in [-0.3, -0.25) is 4.68 Å². The van der Waals surface area contributed by atoms with Gasteiger partial charge in [0, 0.05) is 7.05 Å². The van der Waals surface area contributed by atoms with Crippen molar-refractivity contribution in [3.05, 3.63) is 47.3 Å². The highest BCUT2D eigenvalue weighted by molar-refractivity contribution is 5.33. The molecule has 0 saturated heterocycles. The average molecular weight is 242 g/mol. The second kappa shape index (κ2) is 4.53. The van der Waals surface area contributed by atoms with Gasteiger partial charge in [-0.15, -0.1) is 5.10 Å². The summed E-state index contributed by atoms with van der Waals surface area (Å²) in [6.45, 7) is 0. The molecule has 0 aliphatic heterocycles. The molecule has 0 amide bonds. The molecule has 0 spiro atoms. The van der Waals surface area contributed by atoms with Crippen molar-refractivity contribution in [2.45, 2.75) is 18.9 Å². The summed E-state index contributed by atoms with van der Waals surface area (Å²) in [5, 5.41) is 11.4. The van der Waals surface area contributed by atoms with Crippen LogP contribution in [0.2, 0.25) is 0 Å². The van der Waals surface area contributed by atoms with Crippen molar-refractivity contribution >= 4 is 0 Å². The van der Waals surface area contributed by atoms with E-state index in [2.05, 4.69) is 39.9 Å². The molecule has 3 rings (SSSR count). The largest absolute Gasteiger partial charge is 0.311 e. The maximum Gasteiger partial charge on any atom is 0.0756 e. The summed E-state index contributed by atoms with van der Waals surface area (Å²) >= 11 is 0. The highest BCUT2D eigenvalue weighted by atomic mass is 15.4. The molecule has 2 aromatic rings. The van der Waals surface area contributed by atoms with Crippen molar-refractivity contribution < 1.29 is 0 Å². The van der Waals surface area contributed by atoms with Crippen LogP contribution in [0.5, 0.6) is 0 Å². The zero-order valence-corrected chi connectivity index (χ0v) is 10.8. The Labute approximate surface area is 107 Å². The summed E-state index contributed by atoms with van der Waals surface area (Å²) in [6, 6.07) is 9.05. The fourth-order valence-corrected chi connectivity index (χ4v) is 3.03. The zero-order valence-electron chi connectivity index (χ0n) is 10.8. The number of aryl methyl sites for hydroxylation is 1. The average Bonchev–Trinajstić information content (AvgIpc) is 2.97. The van der Waals surface area contributed by atoms with Gasteiger partial charge in [-0.2, -0.15) is 0 Å². The van der Waals surface area contributed by atoms with Crippen molar-refractivity contribution in [3.8, 4) is 0 Å². The van der Waals surface area contributed by atoms with Crippen LogP contribution in [0.25, 0.3) is 0 Å². The molecule has 1 N–H and O–H groups in total. The molecule has 4 nitrogen and oxygen atoms in total. The monoisotopic (exact) mass is 242 g/mol. The van der Waals surface area contributed by atoms with Crippen molar-refractivity contribution in [2.75, 3.05) is 7.05 Å². The molecule has 0 bridgehead atoms. The highest BCUT2D eigenvalue weighted by Gasteiger charge is 2.30. The first-order valence-corrected chi connectivity index (χ1v) is 6.38. The molecule has 0 radical (unpaired) electrons. The van der Waals surface area contributed by atoms with E-state index in [1.54, 1.807) is 0 Å². The Morgan fingerprint density at radius 1 is 1.28 bits per heavy atom. The van der Waals surface area contributed by atoms with Gasteiger partial charge in [0.25, 0.3) is 0 Å². The molecule has 1 heterocycles. The summed E-state index contributed by atoms with van der Waals surface area (Å²) in [6.07, 6.45) is 4.13. The predicted octanol–water partition coefficient (Wildman–Crippen LogP) is 1.49. The third-order valence-corrected chi connectivity index (χ3v) is 3.93.